The molecule has 94 valence electrons. The summed E-state index contributed by atoms with van der Waals surface area (Å²) in [6.45, 7) is 6.57. The first-order valence-corrected chi connectivity index (χ1v) is 7.57. The molecule has 0 aliphatic heterocycles. The summed E-state index contributed by atoms with van der Waals surface area (Å²) in [6.07, 6.45) is 2.59. The third-order valence-electron chi connectivity index (χ3n) is 1.66. The SMILES string of the molecule is C=CCN(CC=C)C(P(=O)(O)O)P(=O)(O)O. The third kappa shape index (κ3) is 4.72. The summed E-state index contributed by atoms with van der Waals surface area (Å²) in [5.74, 6) is 0. The molecule has 0 aliphatic rings. The van der Waals surface area contributed by atoms with Gasteiger partial charge in [0.1, 0.15) is 0 Å². The predicted molar refractivity (Wildman–Crippen MR) is 59.8 cm³/mol. The van der Waals surface area contributed by atoms with Crippen molar-refractivity contribution in [2.24, 2.45) is 0 Å². The van der Waals surface area contributed by atoms with Crippen LogP contribution in [0.5, 0.6) is 0 Å². The molecule has 0 saturated carbocycles. The van der Waals surface area contributed by atoms with Gasteiger partial charge in [-0.2, -0.15) is 0 Å². The molecule has 0 amide bonds. The standard InChI is InChI=1S/C7H15NO6P2/c1-3-5-8(6-4-2)7(15(9,10)11)16(12,13)14/h3-4,7H,1-2,5-6H2,(H2,9,10,11)(H2,12,13,14). The van der Waals surface area contributed by atoms with E-state index in [4.69, 9.17) is 19.6 Å². The molecule has 0 saturated heterocycles. The van der Waals surface area contributed by atoms with Gasteiger partial charge in [0.2, 0.25) is 5.52 Å². The summed E-state index contributed by atoms with van der Waals surface area (Å²) in [5.41, 5.74) is -2.16. The first-order valence-electron chi connectivity index (χ1n) is 4.21. The molecule has 0 radical (unpaired) electrons. The van der Waals surface area contributed by atoms with E-state index in [1.54, 1.807) is 0 Å². The molecule has 0 bridgehead atoms. The summed E-state index contributed by atoms with van der Waals surface area (Å²) in [5, 5.41) is 0. The van der Waals surface area contributed by atoms with Crippen molar-refractivity contribution < 1.29 is 28.7 Å². The Bertz CT molecular complexity index is 313. The largest absolute Gasteiger partial charge is 0.355 e. The monoisotopic (exact) mass is 271 g/mol. The number of rotatable bonds is 7. The second-order valence-electron chi connectivity index (χ2n) is 3.06. The molecule has 0 fully saturated rings. The molecule has 0 atom stereocenters. The molecule has 0 rings (SSSR count). The highest BCUT2D eigenvalue weighted by molar-refractivity contribution is 7.70. The Balaban J connectivity index is 5.29. The van der Waals surface area contributed by atoms with Crippen LogP contribution in [-0.2, 0) is 9.13 Å². The zero-order valence-corrected chi connectivity index (χ0v) is 10.3. The number of nitrogens with zero attached hydrogens (tertiary/aromatic N) is 1. The maximum Gasteiger partial charge on any atom is 0.355 e. The Morgan fingerprint density at radius 2 is 1.31 bits per heavy atom. The minimum absolute atomic E-state index is 0.0626. The van der Waals surface area contributed by atoms with Gasteiger partial charge in [-0.05, 0) is 0 Å². The molecule has 7 nitrogen and oxygen atoms in total. The lowest BCUT2D eigenvalue weighted by Gasteiger charge is -2.30. The highest BCUT2D eigenvalue weighted by atomic mass is 31.2. The zero-order chi connectivity index (χ0) is 13.0. The molecule has 0 aromatic heterocycles. The summed E-state index contributed by atoms with van der Waals surface area (Å²) < 4.78 is 22.1. The molecule has 0 spiro atoms. The molecule has 4 N–H and O–H groups in total. The fourth-order valence-electron chi connectivity index (χ4n) is 1.22. The van der Waals surface area contributed by atoms with Crippen LogP contribution in [0.3, 0.4) is 0 Å². The predicted octanol–water partition coefficient (Wildman–Crippen LogP) is 0.299. The van der Waals surface area contributed by atoms with Crippen LogP contribution in [0, 0.1) is 0 Å². The van der Waals surface area contributed by atoms with Crippen LogP contribution in [0.4, 0.5) is 0 Å². The highest BCUT2D eigenvalue weighted by Crippen LogP contribution is 2.61. The molecule has 0 unspecified atom stereocenters. The van der Waals surface area contributed by atoms with Crippen molar-refractivity contribution in [3.63, 3.8) is 0 Å². The highest BCUT2D eigenvalue weighted by Gasteiger charge is 2.46. The Hall–Kier alpha value is -0.260. The van der Waals surface area contributed by atoms with E-state index >= 15 is 0 Å². The Kier molecular flexibility index (Phi) is 5.79. The van der Waals surface area contributed by atoms with Gasteiger partial charge in [0.15, 0.2) is 0 Å². The van der Waals surface area contributed by atoms with Crippen molar-refractivity contribution in [1.82, 2.24) is 4.90 Å². The maximum atomic E-state index is 11.1. The first-order chi connectivity index (χ1) is 7.14. The topological polar surface area (TPSA) is 118 Å². The van der Waals surface area contributed by atoms with Crippen molar-refractivity contribution in [2.75, 3.05) is 13.1 Å². The van der Waals surface area contributed by atoms with Crippen molar-refractivity contribution in [2.45, 2.75) is 5.52 Å². The molecule has 0 aromatic rings. The average molecular weight is 271 g/mol. The summed E-state index contributed by atoms with van der Waals surface area (Å²) in [7, 11) is -9.89. The van der Waals surface area contributed by atoms with Crippen LogP contribution >= 0.6 is 15.2 Å². The van der Waals surface area contributed by atoms with Crippen molar-refractivity contribution in [3.05, 3.63) is 25.3 Å². The van der Waals surface area contributed by atoms with E-state index in [0.717, 1.165) is 4.90 Å². The average Bonchev–Trinajstić information content (AvgIpc) is 1.99. The molecule has 0 aliphatic carbocycles. The Morgan fingerprint density at radius 3 is 1.50 bits per heavy atom. The Morgan fingerprint density at radius 1 is 1.00 bits per heavy atom. The van der Waals surface area contributed by atoms with Crippen molar-refractivity contribution >= 4 is 15.2 Å². The molecule has 16 heavy (non-hydrogen) atoms. The third-order valence-corrected chi connectivity index (χ3v) is 5.32. The second-order valence-corrected chi connectivity index (χ2v) is 6.80. The molecule has 0 heterocycles. The van der Waals surface area contributed by atoms with Crippen LogP contribution in [0.2, 0.25) is 0 Å². The van der Waals surface area contributed by atoms with Crippen molar-refractivity contribution in [3.8, 4) is 0 Å². The van der Waals surface area contributed by atoms with Crippen LogP contribution in [0.15, 0.2) is 25.3 Å². The lowest BCUT2D eigenvalue weighted by Crippen LogP contribution is -2.35. The molecule has 0 aromatic carbocycles. The van der Waals surface area contributed by atoms with E-state index in [1.165, 1.54) is 12.2 Å². The van der Waals surface area contributed by atoms with Gasteiger partial charge in [-0.3, -0.25) is 14.0 Å². The van der Waals surface area contributed by atoms with Gasteiger partial charge in [-0.15, -0.1) is 13.2 Å². The zero-order valence-electron chi connectivity index (χ0n) is 8.51. The summed E-state index contributed by atoms with van der Waals surface area (Å²) >= 11 is 0. The summed E-state index contributed by atoms with van der Waals surface area (Å²) in [4.78, 5) is 36.7. The van der Waals surface area contributed by atoms with Gasteiger partial charge >= 0.3 is 15.2 Å². The van der Waals surface area contributed by atoms with E-state index in [-0.39, 0.29) is 13.1 Å². The quantitative estimate of drug-likeness (QED) is 0.388. The van der Waals surface area contributed by atoms with Crippen molar-refractivity contribution in [1.29, 1.82) is 0 Å². The van der Waals surface area contributed by atoms with Crippen LogP contribution in [-0.4, -0.2) is 43.1 Å². The van der Waals surface area contributed by atoms with E-state index in [9.17, 15) is 9.13 Å². The first kappa shape index (κ1) is 15.7. The fourth-order valence-corrected chi connectivity index (χ4v) is 4.01. The van der Waals surface area contributed by atoms with Gasteiger partial charge in [0.05, 0.1) is 0 Å². The molecular weight excluding hydrogens is 256 g/mol. The van der Waals surface area contributed by atoms with Crippen LogP contribution in [0.25, 0.3) is 0 Å². The van der Waals surface area contributed by atoms with E-state index in [1.807, 2.05) is 0 Å². The number of hydrogen-bond donors (Lipinski definition) is 4. The Labute approximate surface area is 93.4 Å². The van der Waals surface area contributed by atoms with Gasteiger partial charge < -0.3 is 19.6 Å². The minimum Gasteiger partial charge on any atom is -0.323 e. The lowest BCUT2D eigenvalue weighted by molar-refractivity contribution is 0.254. The second kappa shape index (κ2) is 5.89. The smallest absolute Gasteiger partial charge is 0.323 e. The van der Waals surface area contributed by atoms with Crippen LogP contribution in [0.1, 0.15) is 0 Å². The van der Waals surface area contributed by atoms with Gasteiger partial charge in [0, 0.05) is 13.1 Å². The number of hydrogen-bond acceptors (Lipinski definition) is 3. The van der Waals surface area contributed by atoms with Gasteiger partial charge in [-0.1, -0.05) is 12.2 Å². The molecular formula is C7H15NO6P2. The lowest BCUT2D eigenvalue weighted by atomic mass is 10.5. The van der Waals surface area contributed by atoms with E-state index in [2.05, 4.69) is 13.2 Å². The fraction of sp³-hybridized carbons (Fsp3) is 0.429. The maximum absolute atomic E-state index is 11.1. The molecule has 9 heteroatoms. The van der Waals surface area contributed by atoms with Gasteiger partial charge in [-0.25, -0.2) is 0 Å². The van der Waals surface area contributed by atoms with Gasteiger partial charge in [0.25, 0.3) is 0 Å². The van der Waals surface area contributed by atoms with E-state index in [0.29, 0.717) is 0 Å². The normalized spacial score (nSPS) is 13.1. The minimum atomic E-state index is -4.95. The summed E-state index contributed by atoms with van der Waals surface area (Å²) in [6, 6.07) is 0. The van der Waals surface area contributed by atoms with Crippen LogP contribution < -0.4 is 0 Å². The van der Waals surface area contributed by atoms with E-state index < -0.39 is 20.7 Å².